The van der Waals surface area contributed by atoms with Crippen molar-refractivity contribution in [3.8, 4) is 17.2 Å². The van der Waals surface area contributed by atoms with Crippen LogP contribution in [0.15, 0.2) is 125 Å². The number of sulfone groups is 1. The van der Waals surface area contributed by atoms with Gasteiger partial charge >= 0.3 is 0 Å². The van der Waals surface area contributed by atoms with Gasteiger partial charge in [-0.2, -0.15) is 0 Å². The Morgan fingerprint density at radius 3 is 2.27 bits per heavy atom. The second kappa shape index (κ2) is 18.0. The Hall–Kier alpha value is -5.38. The molecule has 1 saturated heterocycles. The third-order valence-electron chi connectivity index (χ3n) is 11.5. The molecule has 328 valence electrons. The second-order valence-electron chi connectivity index (χ2n) is 16.8. The molecule has 2 aliphatic rings. The van der Waals surface area contributed by atoms with Crippen LogP contribution in [0.1, 0.15) is 54.6 Å². The van der Waals surface area contributed by atoms with Gasteiger partial charge in [0.15, 0.2) is 9.84 Å². The molecule has 1 fully saturated rings. The molecule has 0 bridgehead atoms. The molecule has 2 N–H and O–H groups in total. The molecule has 12 nitrogen and oxygen atoms in total. The number of carbonyl (C=O) groups excluding carboxylic acids is 1. The van der Waals surface area contributed by atoms with Gasteiger partial charge in [0.05, 0.1) is 11.1 Å². The van der Waals surface area contributed by atoms with Crippen molar-refractivity contribution in [2.45, 2.75) is 49.5 Å². The number of pyridine rings is 1. The highest BCUT2D eigenvalue weighted by Crippen LogP contribution is 2.43. The molecule has 1 aliphatic heterocycles. The van der Waals surface area contributed by atoms with Crippen molar-refractivity contribution in [3.05, 3.63) is 142 Å². The summed E-state index contributed by atoms with van der Waals surface area (Å²) in [7, 11) is -8.45. The first kappa shape index (κ1) is 44.2. The maximum absolute atomic E-state index is 14.1. The lowest BCUT2D eigenvalue weighted by Crippen LogP contribution is -2.47. The normalized spacial score (nSPS) is 16.0. The van der Waals surface area contributed by atoms with Crippen LogP contribution in [-0.4, -0.2) is 76.6 Å². The van der Waals surface area contributed by atoms with Crippen molar-refractivity contribution in [1.29, 1.82) is 0 Å². The van der Waals surface area contributed by atoms with Crippen LogP contribution in [0.25, 0.3) is 16.6 Å². The van der Waals surface area contributed by atoms with Gasteiger partial charge in [-0.3, -0.25) is 9.69 Å². The third-order valence-corrected chi connectivity index (χ3v) is 14.6. The molecular weight excluding hydrogens is 882 g/mol. The summed E-state index contributed by atoms with van der Waals surface area (Å²) in [5.74, 6) is -0.284. The van der Waals surface area contributed by atoms with Gasteiger partial charge in [-0.05, 0) is 109 Å². The predicted molar refractivity (Wildman–Crippen MR) is 247 cm³/mol. The summed E-state index contributed by atoms with van der Waals surface area (Å²) in [5, 5.41) is 2.00. The zero-order chi connectivity index (χ0) is 44.5. The lowest BCUT2D eigenvalue weighted by Gasteiger charge is -2.39. The van der Waals surface area contributed by atoms with E-state index >= 15 is 0 Å². The van der Waals surface area contributed by atoms with E-state index < -0.39 is 25.8 Å². The lowest BCUT2D eigenvalue weighted by molar-refractivity contribution is 0.0981. The molecule has 1 aliphatic carbocycles. The molecule has 63 heavy (non-hydrogen) atoms. The van der Waals surface area contributed by atoms with E-state index in [-0.39, 0.29) is 38.7 Å². The van der Waals surface area contributed by atoms with E-state index in [1.54, 1.807) is 48.7 Å². The monoisotopic (exact) mass is 927 g/mol. The van der Waals surface area contributed by atoms with E-state index in [4.69, 9.17) is 32.7 Å². The summed E-state index contributed by atoms with van der Waals surface area (Å²) >= 11 is 12.2. The molecule has 0 saturated carbocycles. The van der Waals surface area contributed by atoms with Crippen molar-refractivity contribution in [1.82, 2.24) is 19.6 Å². The standard InChI is InChI=1S/C47H47Cl2N5O7S2/c1-47(2)18-16-34(41(27-47)31-6-8-36(48)9-7-31)29-53-20-22-54(23-21-53)38-12-15-43(42(26-38)61-40-24-32-17-19-50-45(32)51-28-40)63(58,59)52-46(55)33-4-5-35(44(25-33)62(3,56)57)30-60-39-13-10-37(49)11-14-39/h4-15,17,19,24-26,28H,16,18,20-23,27,29-30H2,1-3H3,(H,50,51)(H,52,55). The molecule has 0 radical (unpaired) electrons. The van der Waals surface area contributed by atoms with E-state index in [2.05, 4.69) is 50.5 Å². The van der Waals surface area contributed by atoms with Crippen LogP contribution < -0.4 is 19.1 Å². The number of carbonyl (C=O) groups is 1. The van der Waals surface area contributed by atoms with Crippen LogP contribution >= 0.6 is 23.2 Å². The molecule has 8 rings (SSSR count). The number of hydrogen-bond acceptors (Lipinski definition) is 10. The fourth-order valence-corrected chi connectivity index (χ4v) is 10.4. The number of anilines is 1. The van der Waals surface area contributed by atoms with Gasteiger partial charge in [-0.25, -0.2) is 26.5 Å². The van der Waals surface area contributed by atoms with E-state index in [0.29, 0.717) is 35.3 Å². The van der Waals surface area contributed by atoms with Crippen molar-refractivity contribution < 1.29 is 31.1 Å². The molecular formula is C47H47Cl2N5O7S2. The topological polar surface area (TPSA) is 151 Å². The average molecular weight is 929 g/mol. The highest BCUT2D eigenvalue weighted by Gasteiger charge is 2.31. The Kier molecular flexibility index (Phi) is 12.6. The number of rotatable bonds is 13. The van der Waals surface area contributed by atoms with Crippen LogP contribution in [0.3, 0.4) is 0 Å². The molecule has 0 unspecified atom stereocenters. The van der Waals surface area contributed by atoms with E-state index in [1.165, 1.54) is 41.1 Å². The number of hydrogen-bond donors (Lipinski definition) is 2. The van der Waals surface area contributed by atoms with E-state index in [0.717, 1.165) is 67.3 Å². The Morgan fingerprint density at radius 1 is 0.841 bits per heavy atom. The van der Waals surface area contributed by atoms with Gasteiger partial charge in [0, 0.05) is 83.5 Å². The molecule has 2 aromatic heterocycles. The quantitative estimate of drug-likeness (QED) is 0.115. The fourth-order valence-electron chi connectivity index (χ4n) is 8.08. The zero-order valence-corrected chi connectivity index (χ0v) is 38.2. The smallest absolute Gasteiger partial charge is 0.268 e. The SMILES string of the molecule is CC1(C)CCC(CN2CCN(c3ccc(S(=O)(=O)NC(=O)c4ccc(COc5ccc(Cl)cc5)c(S(C)(=O)=O)c4)c(Oc4cnc5[nH]ccc5c4)c3)CC2)=C(c2ccc(Cl)cc2)C1. The maximum atomic E-state index is 14.1. The first-order valence-electron chi connectivity index (χ1n) is 20.5. The fraction of sp³-hybridized carbons (Fsp3) is 0.277. The molecule has 6 aromatic rings. The summed E-state index contributed by atoms with van der Waals surface area (Å²) in [6, 6.07) is 27.0. The number of H-pyrrole nitrogens is 1. The Morgan fingerprint density at radius 2 is 1.56 bits per heavy atom. The Balaban J connectivity index is 1.02. The number of benzene rings is 4. The van der Waals surface area contributed by atoms with Crippen LogP contribution in [0.5, 0.6) is 17.2 Å². The molecule has 1 amide bonds. The Bertz CT molecular complexity index is 2930. The summed E-state index contributed by atoms with van der Waals surface area (Å²) in [5.41, 5.74) is 5.78. The number of fused-ring (bicyclic) bond motifs is 1. The number of nitrogens with zero attached hydrogens (tertiary/aromatic N) is 3. The second-order valence-corrected chi connectivity index (χ2v) is 21.3. The molecule has 0 spiro atoms. The van der Waals surface area contributed by atoms with E-state index in [9.17, 15) is 21.6 Å². The number of nitrogens with one attached hydrogen (secondary N) is 2. The van der Waals surface area contributed by atoms with Crippen molar-refractivity contribution in [2.24, 2.45) is 5.41 Å². The van der Waals surface area contributed by atoms with Crippen LogP contribution in [0.2, 0.25) is 10.0 Å². The number of ether oxygens (including phenoxy) is 2. The first-order chi connectivity index (χ1) is 30.0. The number of halogens is 2. The van der Waals surface area contributed by atoms with Crippen molar-refractivity contribution in [2.75, 3.05) is 43.9 Å². The summed E-state index contributed by atoms with van der Waals surface area (Å²) in [4.78, 5) is 25.3. The summed E-state index contributed by atoms with van der Waals surface area (Å²) in [6.07, 6.45) is 7.40. The molecule has 3 heterocycles. The molecule has 0 atom stereocenters. The average Bonchev–Trinajstić information content (AvgIpc) is 3.72. The number of aromatic nitrogens is 2. The van der Waals surface area contributed by atoms with Gasteiger partial charge in [0.25, 0.3) is 15.9 Å². The summed E-state index contributed by atoms with van der Waals surface area (Å²) < 4.78 is 68.2. The van der Waals surface area contributed by atoms with Gasteiger partial charge in [0.1, 0.15) is 34.4 Å². The highest BCUT2D eigenvalue weighted by molar-refractivity contribution is 7.91. The minimum atomic E-state index is -4.59. The van der Waals surface area contributed by atoms with Crippen LogP contribution in [0.4, 0.5) is 5.69 Å². The lowest BCUT2D eigenvalue weighted by atomic mass is 9.72. The number of piperazine rings is 1. The molecule has 4 aromatic carbocycles. The zero-order valence-electron chi connectivity index (χ0n) is 35.0. The van der Waals surface area contributed by atoms with Crippen LogP contribution in [-0.2, 0) is 26.5 Å². The molecule has 16 heteroatoms. The van der Waals surface area contributed by atoms with Gasteiger partial charge in [-0.1, -0.05) is 60.8 Å². The number of amides is 1. The van der Waals surface area contributed by atoms with Crippen molar-refractivity contribution in [3.63, 3.8) is 0 Å². The van der Waals surface area contributed by atoms with Crippen molar-refractivity contribution >= 4 is 71.3 Å². The van der Waals surface area contributed by atoms with Gasteiger partial charge in [-0.15, -0.1) is 0 Å². The van der Waals surface area contributed by atoms with E-state index in [1.807, 2.05) is 18.2 Å². The maximum Gasteiger partial charge on any atom is 0.268 e. The number of allylic oxidation sites excluding steroid dienone is 1. The first-order valence-corrected chi connectivity index (χ1v) is 24.6. The Labute approximate surface area is 377 Å². The predicted octanol–water partition coefficient (Wildman–Crippen LogP) is 9.55. The third kappa shape index (κ3) is 10.5. The largest absolute Gasteiger partial charge is 0.489 e. The van der Waals surface area contributed by atoms with Crippen LogP contribution in [0, 0.1) is 5.41 Å². The summed E-state index contributed by atoms with van der Waals surface area (Å²) in [6.45, 7) is 8.37. The number of sulfonamides is 1. The van der Waals surface area contributed by atoms with Gasteiger partial charge < -0.3 is 19.4 Å². The highest BCUT2D eigenvalue weighted by atomic mass is 35.5. The van der Waals surface area contributed by atoms with Gasteiger partial charge in [0.2, 0.25) is 0 Å². The minimum absolute atomic E-state index is 0.0129. The minimum Gasteiger partial charge on any atom is -0.489 e. The number of aromatic amines is 1.